The standard InChI is InChI=1S/C22H20F4N2O/c1-14-16-9-6-10-18(23)19(16)27-12-17(14)20(29)28-21(2,13-22(24,25)26)11-15-7-4-3-5-8-15/h3-10,12H,11,13H2,1-2H3,(H,28,29). The summed E-state index contributed by atoms with van der Waals surface area (Å²) in [6.07, 6.45) is -4.44. The van der Waals surface area contributed by atoms with Crippen LogP contribution >= 0.6 is 0 Å². The number of benzene rings is 2. The third-order valence-corrected chi connectivity index (χ3v) is 4.81. The van der Waals surface area contributed by atoms with E-state index in [1.807, 2.05) is 0 Å². The van der Waals surface area contributed by atoms with Crippen LogP contribution in [0.15, 0.2) is 54.7 Å². The smallest absolute Gasteiger partial charge is 0.346 e. The second kappa shape index (κ2) is 7.81. The van der Waals surface area contributed by atoms with Crippen molar-refractivity contribution < 1.29 is 22.4 Å². The molecule has 0 spiro atoms. The molecule has 0 fully saturated rings. The Morgan fingerprint density at radius 3 is 2.41 bits per heavy atom. The number of alkyl halides is 3. The number of para-hydroxylation sites is 1. The van der Waals surface area contributed by atoms with Gasteiger partial charge in [-0.15, -0.1) is 0 Å². The SMILES string of the molecule is Cc1c(C(=O)NC(C)(Cc2ccccc2)CC(F)(F)F)cnc2c(F)cccc12. The van der Waals surface area contributed by atoms with Crippen LogP contribution in [0.3, 0.4) is 0 Å². The Bertz CT molecular complexity index is 1030. The number of amides is 1. The van der Waals surface area contributed by atoms with Crippen molar-refractivity contribution in [1.29, 1.82) is 0 Å². The molecule has 1 unspecified atom stereocenters. The molecule has 0 saturated carbocycles. The van der Waals surface area contributed by atoms with E-state index >= 15 is 0 Å². The lowest BCUT2D eigenvalue weighted by Gasteiger charge is -2.32. The van der Waals surface area contributed by atoms with Crippen LogP contribution in [-0.2, 0) is 6.42 Å². The molecule has 0 bridgehead atoms. The van der Waals surface area contributed by atoms with Gasteiger partial charge in [0, 0.05) is 11.6 Å². The summed E-state index contributed by atoms with van der Waals surface area (Å²) < 4.78 is 53.6. The maximum atomic E-state index is 13.9. The third-order valence-electron chi connectivity index (χ3n) is 4.81. The van der Waals surface area contributed by atoms with Crippen LogP contribution in [0.2, 0.25) is 0 Å². The van der Waals surface area contributed by atoms with Gasteiger partial charge < -0.3 is 5.32 Å². The van der Waals surface area contributed by atoms with Crippen LogP contribution in [-0.4, -0.2) is 22.6 Å². The van der Waals surface area contributed by atoms with Gasteiger partial charge >= 0.3 is 6.18 Å². The van der Waals surface area contributed by atoms with E-state index in [2.05, 4.69) is 10.3 Å². The first-order valence-electron chi connectivity index (χ1n) is 9.05. The monoisotopic (exact) mass is 404 g/mol. The topological polar surface area (TPSA) is 42.0 Å². The number of aromatic nitrogens is 1. The Morgan fingerprint density at radius 1 is 1.07 bits per heavy atom. The quantitative estimate of drug-likeness (QED) is 0.581. The Hall–Kier alpha value is -2.96. The number of carbonyl (C=O) groups is 1. The minimum atomic E-state index is -4.46. The van der Waals surface area contributed by atoms with Crippen LogP contribution in [0.25, 0.3) is 10.9 Å². The van der Waals surface area contributed by atoms with Crippen molar-refractivity contribution in [2.45, 2.75) is 38.4 Å². The van der Waals surface area contributed by atoms with E-state index < -0.39 is 29.9 Å². The van der Waals surface area contributed by atoms with Crippen LogP contribution < -0.4 is 5.32 Å². The number of rotatable bonds is 5. The summed E-state index contributed by atoms with van der Waals surface area (Å²) in [5.41, 5.74) is -0.190. The third kappa shape index (κ3) is 4.91. The summed E-state index contributed by atoms with van der Waals surface area (Å²) in [7, 11) is 0. The van der Waals surface area contributed by atoms with Gasteiger partial charge in [0.25, 0.3) is 5.91 Å². The summed E-state index contributed by atoms with van der Waals surface area (Å²) in [5.74, 6) is -1.20. The lowest BCUT2D eigenvalue weighted by atomic mass is 9.88. The highest BCUT2D eigenvalue weighted by atomic mass is 19.4. The maximum Gasteiger partial charge on any atom is 0.391 e. The van der Waals surface area contributed by atoms with Crippen LogP contribution in [0.1, 0.15) is 34.8 Å². The molecule has 3 rings (SSSR count). The van der Waals surface area contributed by atoms with Gasteiger partial charge in [0.2, 0.25) is 0 Å². The largest absolute Gasteiger partial charge is 0.391 e. The first kappa shape index (κ1) is 20.8. The molecule has 29 heavy (non-hydrogen) atoms. The highest BCUT2D eigenvalue weighted by Crippen LogP contribution is 2.31. The molecule has 3 aromatic rings. The molecular weight excluding hydrogens is 384 g/mol. The molecule has 1 aromatic heterocycles. The fourth-order valence-electron chi connectivity index (χ4n) is 3.53. The molecule has 0 aliphatic heterocycles. The number of nitrogens with zero attached hydrogens (tertiary/aromatic N) is 1. The zero-order valence-electron chi connectivity index (χ0n) is 16.0. The van der Waals surface area contributed by atoms with E-state index in [4.69, 9.17) is 0 Å². The predicted octanol–water partition coefficient (Wildman–Crippen LogP) is 5.37. The summed E-state index contributed by atoms with van der Waals surface area (Å²) >= 11 is 0. The molecule has 1 atom stereocenters. The fourth-order valence-corrected chi connectivity index (χ4v) is 3.53. The van der Waals surface area contributed by atoms with Gasteiger partial charge in [0.15, 0.2) is 0 Å². The molecule has 1 N–H and O–H groups in total. The van der Waals surface area contributed by atoms with Crippen molar-refractivity contribution in [2.24, 2.45) is 0 Å². The average molecular weight is 404 g/mol. The molecule has 7 heteroatoms. The summed E-state index contributed by atoms with van der Waals surface area (Å²) in [6.45, 7) is 2.99. The molecule has 3 nitrogen and oxygen atoms in total. The van der Waals surface area contributed by atoms with Gasteiger partial charge in [-0.05, 0) is 37.5 Å². The predicted molar refractivity (Wildman–Crippen MR) is 103 cm³/mol. The number of aryl methyl sites for hydroxylation is 1. The number of hydrogen-bond donors (Lipinski definition) is 1. The van der Waals surface area contributed by atoms with Gasteiger partial charge in [0.05, 0.1) is 17.5 Å². The number of nitrogens with one attached hydrogen (secondary N) is 1. The van der Waals surface area contributed by atoms with Crippen LogP contribution in [0.5, 0.6) is 0 Å². The summed E-state index contributed by atoms with van der Waals surface area (Å²) in [4.78, 5) is 16.9. The first-order chi connectivity index (χ1) is 13.6. The molecule has 2 aromatic carbocycles. The van der Waals surface area contributed by atoms with E-state index in [-0.39, 0.29) is 17.5 Å². The van der Waals surface area contributed by atoms with E-state index in [9.17, 15) is 22.4 Å². The summed E-state index contributed by atoms with van der Waals surface area (Å²) in [5, 5.41) is 2.98. The number of fused-ring (bicyclic) bond motifs is 1. The number of halogens is 4. The van der Waals surface area contributed by atoms with E-state index in [0.29, 0.717) is 16.5 Å². The Morgan fingerprint density at radius 2 is 1.76 bits per heavy atom. The Balaban J connectivity index is 1.94. The van der Waals surface area contributed by atoms with Crippen molar-refractivity contribution in [3.8, 4) is 0 Å². The van der Waals surface area contributed by atoms with Crippen molar-refractivity contribution in [1.82, 2.24) is 10.3 Å². The molecule has 0 saturated heterocycles. The molecule has 152 valence electrons. The number of pyridine rings is 1. The highest BCUT2D eigenvalue weighted by molar-refractivity contribution is 6.00. The first-order valence-corrected chi connectivity index (χ1v) is 9.05. The molecule has 1 heterocycles. The van der Waals surface area contributed by atoms with Crippen molar-refractivity contribution in [2.75, 3.05) is 0 Å². The lowest BCUT2D eigenvalue weighted by molar-refractivity contribution is -0.147. The Kier molecular flexibility index (Phi) is 5.59. The van der Waals surface area contributed by atoms with E-state index in [1.54, 1.807) is 43.3 Å². The van der Waals surface area contributed by atoms with Crippen molar-refractivity contribution in [3.05, 3.63) is 77.2 Å². The molecule has 0 aliphatic carbocycles. The molecule has 1 amide bonds. The fraction of sp³-hybridized carbons (Fsp3) is 0.273. The lowest BCUT2D eigenvalue weighted by Crippen LogP contribution is -2.50. The van der Waals surface area contributed by atoms with E-state index in [1.165, 1.54) is 25.3 Å². The van der Waals surface area contributed by atoms with Gasteiger partial charge in [0.1, 0.15) is 11.3 Å². The molecule has 0 aliphatic rings. The van der Waals surface area contributed by atoms with Gasteiger partial charge in [-0.1, -0.05) is 42.5 Å². The van der Waals surface area contributed by atoms with Crippen molar-refractivity contribution >= 4 is 16.8 Å². The molecule has 0 radical (unpaired) electrons. The van der Waals surface area contributed by atoms with Gasteiger partial charge in [-0.2, -0.15) is 13.2 Å². The Labute approximate surface area is 165 Å². The minimum Gasteiger partial charge on any atom is -0.346 e. The number of carbonyl (C=O) groups excluding carboxylic acids is 1. The van der Waals surface area contributed by atoms with E-state index in [0.717, 1.165) is 0 Å². The van der Waals surface area contributed by atoms with Gasteiger partial charge in [-0.3, -0.25) is 9.78 Å². The second-order valence-electron chi connectivity index (χ2n) is 7.40. The second-order valence-corrected chi connectivity index (χ2v) is 7.40. The van der Waals surface area contributed by atoms with Crippen LogP contribution in [0, 0.1) is 12.7 Å². The van der Waals surface area contributed by atoms with Crippen molar-refractivity contribution in [3.63, 3.8) is 0 Å². The zero-order chi connectivity index (χ0) is 21.2. The highest BCUT2D eigenvalue weighted by Gasteiger charge is 2.40. The minimum absolute atomic E-state index is 0.00771. The van der Waals surface area contributed by atoms with Crippen LogP contribution in [0.4, 0.5) is 17.6 Å². The maximum absolute atomic E-state index is 13.9. The average Bonchev–Trinajstić information content (AvgIpc) is 2.61. The molecular formula is C22H20F4N2O. The van der Waals surface area contributed by atoms with Gasteiger partial charge in [-0.25, -0.2) is 4.39 Å². The summed E-state index contributed by atoms with van der Waals surface area (Å²) in [6, 6.07) is 13.0. The number of hydrogen-bond acceptors (Lipinski definition) is 2. The normalized spacial score (nSPS) is 13.9. The zero-order valence-corrected chi connectivity index (χ0v) is 16.0.